The van der Waals surface area contributed by atoms with Gasteiger partial charge in [-0.2, -0.15) is 0 Å². The number of amides is 2. The van der Waals surface area contributed by atoms with Crippen LogP contribution in [0, 0.1) is 30.1 Å². The summed E-state index contributed by atoms with van der Waals surface area (Å²) in [5.41, 5.74) is 2.70. The van der Waals surface area contributed by atoms with Crippen molar-refractivity contribution in [3.05, 3.63) is 23.8 Å². The molecule has 5 heteroatoms. The fourth-order valence-corrected chi connectivity index (χ4v) is 7.71. The molecule has 0 spiro atoms. The first-order valence-electron chi connectivity index (χ1n) is 10.6. The Morgan fingerprint density at radius 3 is 2.43 bits per heavy atom. The summed E-state index contributed by atoms with van der Waals surface area (Å²) in [6.07, 6.45) is 8.06. The van der Waals surface area contributed by atoms with Gasteiger partial charge in [0.25, 0.3) is 0 Å². The number of halogens is 1. The number of aryl methyl sites for hydroxylation is 1. The molecule has 4 saturated carbocycles. The van der Waals surface area contributed by atoms with Crippen LogP contribution < -0.4 is 10.6 Å². The molecular formula is C23H31BrN2O2. The molecule has 2 amide bonds. The van der Waals surface area contributed by atoms with Crippen LogP contribution in [0.5, 0.6) is 0 Å². The molecule has 4 bridgehead atoms. The molecule has 0 aromatic heterocycles. The zero-order valence-corrected chi connectivity index (χ0v) is 18.7. The van der Waals surface area contributed by atoms with Crippen molar-refractivity contribution < 1.29 is 9.59 Å². The predicted octanol–water partition coefficient (Wildman–Crippen LogP) is 5.65. The summed E-state index contributed by atoms with van der Waals surface area (Å²) < 4.78 is 0.272. The van der Waals surface area contributed by atoms with Gasteiger partial charge in [0.1, 0.15) is 0 Å². The van der Waals surface area contributed by atoms with E-state index >= 15 is 0 Å². The molecule has 4 aliphatic carbocycles. The Kier molecular flexibility index (Phi) is 5.09. The number of rotatable bonds is 5. The van der Waals surface area contributed by atoms with Gasteiger partial charge < -0.3 is 10.6 Å². The third kappa shape index (κ3) is 4.00. The Labute approximate surface area is 176 Å². The largest absolute Gasteiger partial charge is 0.326 e. The minimum Gasteiger partial charge on any atom is -0.326 e. The Hall–Kier alpha value is -1.36. The van der Waals surface area contributed by atoms with Crippen molar-refractivity contribution in [3.8, 4) is 0 Å². The SMILES string of the molecule is Cc1ccc(NC(=O)C(C)C)cc1NC(=O)CC12CC3CC(CC(Br)(C3)C1)C2. The molecule has 2 N–H and O–H groups in total. The number of carbonyl (C=O) groups is 2. The zero-order valence-electron chi connectivity index (χ0n) is 17.1. The molecule has 0 saturated heterocycles. The van der Waals surface area contributed by atoms with E-state index in [0.717, 1.165) is 35.2 Å². The number of alkyl halides is 1. The third-order valence-corrected chi connectivity index (χ3v) is 7.88. The number of hydrogen-bond donors (Lipinski definition) is 2. The lowest BCUT2D eigenvalue weighted by Gasteiger charge is -2.60. The lowest BCUT2D eigenvalue weighted by Crippen LogP contribution is -2.53. The summed E-state index contributed by atoms with van der Waals surface area (Å²) in [7, 11) is 0. The van der Waals surface area contributed by atoms with E-state index in [4.69, 9.17) is 0 Å². The Morgan fingerprint density at radius 2 is 1.82 bits per heavy atom. The van der Waals surface area contributed by atoms with E-state index in [0.29, 0.717) is 6.42 Å². The molecule has 4 nitrogen and oxygen atoms in total. The van der Waals surface area contributed by atoms with Crippen LogP contribution in [0.25, 0.3) is 0 Å². The quantitative estimate of drug-likeness (QED) is 0.573. The summed E-state index contributed by atoms with van der Waals surface area (Å²) in [5.74, 6) is 1.58. The summed E-state index contributed by atoms with van der Waals surface area (Å²) in [4.78, 5) is 25.0. The summed E-state index contributed by atoms with van der Waals surface area (Å²) in [5, 5.41) is 6.05. The average molecular weight is 447 g/mol. The third-order valence-electron chi connectivity index (χ3n) is 6.95. The monoisotopic (exact) mass is 446 g/mol. The van der Waals surface area contributed by atoms with E-state index in [-0.39, 0.29) is 27.5 Å². The predicted molar refractivity (Wildman–Crippen MR) is 117 cm³/mol. The molecule has 4 aliphatic rings. The Morgan fingerprint density at radius 1 is 1.14 bits per heavy atom. The van der Waals surface area contributed by atoms with E-state index in [1.807, 2.05) is 39.0 Å². The average Bonchev–Trinajstić information content (AvgIpc) is 2.54. The van der Waals surface area contributed by atoms with Crippen LogP contribution in [-0.4, -0.2) is 16.1 Å². The van der Waals surface area contributed by atoms with Gasteiger partial charge in [-0.3, -0.25) is 9.59 Å². The van der Waals surface area contributed by atoms with Crippen molar-refractivity contribution in [3.63, 3.8) is 0 Å². The van der Waals surface area contributed by atoms with E-state index < -0.39 is 0 Å². The van der Waals surface area contributed by atoms with Crippen molar-refractivity contribution >= 4 is 39.1 Å². The maximum Gasteiger partial charge on any atom is 0.226 e. The lowest BCUT2D eigenvalue weighted by molar-refractivity contribution is -0.123. The zero-order chi connectivity index (χ0) is 20.1. The van der Waals surface area contributed by atoms with Crippen molar-refractivity contribution in [2.24, 2.45) is 23.2 Å². The summed E-state index contributed by atoms with van der Waals surface area (Å²) in [6.45, 7) is 5.73. The van der Waals surface area contributed by atoms with Crippen molar-refractivity contribution in [1.82, 2.24) is 0 Å². The van der Waals surface area contributed by atoms with Crippen LogP contribution in [0.1, 0.15) is 64.4 Å². The molecule has 2 atom stereocenters. The first kappa shape index (κ1) is 19.9. The second-order valence-corrected chi connectivity index (χ2v) is 11.7. The topological polar surface area (TPSA) is 58.2 Å². The van der Waals surface area contributed by atoms with Gasteiger partial charge >= 0.3 is 0 Å². The van der Waals surface area contributed by atoms with Gasteiger partial charge in [-0.15, -0.1) is 0 Å². The first-order valence-corrected chi connectivity index (χ1v) is 11.3. The van der Waals surface area contributed by atoms with Crippen molar-refractivity contribution in [2.45, 2.75) is 70.0 Å². The maximum atomic E-state index is 13.0. The molecule has 28 heavy (non-hydrogen) atoms. The fourth-order valence-electron chi connectivity index (χ4n) is 6.20. The smallest absolute Gasteiger partial charge is 0.226 e. The number of anilines is 2. The lowest BCUT2D eigenvalue weighted by atomic mass is 9.48. The van der Waals surface area contributed by atoms with Crippen LogP contribution in [0.3, 0.4) is 0 Å². The van der Waals surface area contributed by atoms with Crippen LogP contribution in [0.4, 0.5) is 11.4 Å². The van der Waals surface area contributed by atoms with Gasteiger partial charge in [0.15, 0.2) is 0 Å². The van der Waals surface area contributed by atoms with Crippen LogP contribution in [0.15, 0.2) is 18.2 Å². The van der Waals surface area contributed by atoms with E-state index in [2.05, 4.69) is 26.6 Å². The molecule has 5 rings (SSSR count). The molecule has 0 heterocycles. The van der Waals surface area contributed by atoms with Crippen LogP contribution >= 0.6 is 15.9 Å². The minimum absolute atomic E-state index is 0.0164. The van der Waals surface area contributed by atoms with Crippen LogP contribution in [-0.2, 0) is 9.59 Å². The van der Waals surface area contributed by atoms with Gasteiger partial charge in [0.05, 0.1) is 0 Å². The number of hydrogen-bond acceptors (Lipinski definition) is 2. The number of nitrogens with one attached hydrogen (secondary N) is 2. The molecule has 1 aromatic rings. The summed E-state index contributed by atoms with van der Waals surface area (Å²) >= 11 is 4.03. The van der Waals surface area contributed by atoms with Crippen molar-refractivity contribution in [1.29, 1.82) is 0 Å². The molecule has 1 aromatic carbocycles. The minimum atomic E-state index is -0.0769. The maximum absolute atomic E-state index is 13.0. The van der Waals surface area contributed by atoms with Crippen molar-refractivity contribution in [2.75, 3.05) is 10.6 Å². The first-order chi connectivity index (χ1) is 13.2. The van der Waals surface area contributed by atoms with Gasteiger partial charge in [0.2, 0.25) is 11.8 Å². The highest BCUT2D eigenvalue weighted by Crippen LogP contribution is 2.65. The number of benzene rings is 1. The Balaban J connectivity index is 1.45. The van der Waals surface area contributed by atoms with Gasteiger partial charge in [-0.1, -0.05) is 35.8 Å². The Bertz CT molecular complexity index is 790. The molecule has 2 unspecified atom stereocenters. The standard InChI is InChI=1S/C23H31BrN2O2/c1-14(2)21(28)25-18-5-4-15(3)19(7-18)26-20(27)12-22-8-16-6-17(9-22)11-23(24,10-16)13-22/h4-5,7,14,16-17H,6,8-13H2,1-3H3,(H,25,28)(H,26,27). The van der Waals surface area contributed by atoms with E-state index in [1.54, 1.807) is 0 Å². The normalized spacial score (nSPS) is 33.2. The second kappa shape index (κ2) is 7.16. The highest BCUT2D eigenvalue weighted by molar-refractivity contribution is 9.10. The van der Waals surface area contributed by atoms with E-state index in [9.17, 15) is 9.59 Å². The van der Waals surface area contributed by atoms with E-state index in [1.165, 1.54) is 32.1 Å². The molecule has 0 aliphatic heterocycles. The highest BCUT2D eigenvalue weighted by Gasteiger charge is 2.57. The van der Waals surface area contributed by atoms with Gasteiger partial charge in [-0.05, 0) is 80.4 Å². The summed E-state index contributed by atoms with van der Waals surface area (Å²) in [6, 6.07) is 5.71. The molecule has 4 fully saturated rings. The van der Waals surface area contributed by atoms with Gasteiger partial charge in [-0.25, -0.2) is 0 Å². The second-order valence-electron chi connectivity index (χ2n) is 10.0. The molecule has 0 radical (unpaired) electrons. The fraction of sp³-hybridized carbons (Fsp3) is 0.652. The van der Waals surface area contributed by atoms with Crippen LogP contribution in [0.2, 0.25) is 0 Å². The van der Waals surface area contributed by atoms with Gasteiger partial charge in [0, 0.05) is 28.0 Å². The number of carbonyl (C=O) groups excluding carboxylic acids is 2. The molecule has 152 valence electrons. The molecular weight excluding hydrogens is 416 g/mol. The highest BCUT2D eigenvalue weighted by atomic mass is 79.9.